The zero-order valence-corrected chi connectivity index (χ0v) is 7.49. The Morgan fingerprint density at radius 1 is 1.83 bits per heavy atom. The van der Waals surface area contributed by atoms with Gasteiger partial charge in [-0.3, -0.25) is 9.67 Å². The minimum Gasteiger partial charge on any atom is -0.275 e. The average Bonchev–Trinajstić information content (AvgIpc) is 2.47. The van der Waals surface area contributed by atoms with Gasteiger partial charge in [-0.05, 0) is 12.5 Å². The molecule has 3 nitrogen and oxygen atoms in total. The van der Waals surface area contributed by atoms with Crippen molar-refractivity contribution in [1.29, 1.82) is 0 Å². The maximum atomic E-state index is 4.17. The number of aromatic nitrogens is 2. The highest BCUT2D eigenvalue weighted by Gasteiger charge is 1.98. The second-order valence-corrected chi connectivity index (χ2v) is 2.54. The smallest absolute Gasteiger partial charge is 0.110 e. The minimum atomic E-state index is 0.720. The van der Waals surface area contributed by atoms with Crippen molar-refractivity contribution in [3.63, 3.8) is 0 Å². The summed E-state index contributed by atoms with van der Waals surface area (Å²) in [5.41, 5.74) is 1.56. The lowest BCUT2D eigenvalue weighted by Gasteiger charge is -1.91. The fourth-order valence-corrected chi connectivity index (χ4v) is 0.837. The van der Waals surface area contributed by atoms with E-state index in [2.05, 4.69) is 16.7 Å². The first kappa shape index (κ1) is 8.71. The first-order valence-corrected chi connectivity index (χ1v) is 3.95. The van der Waals surface area contributed by atoms with Crippen LogP contribution < -0.4 is 0 Å². The van der Waals surface area contributed by atoms with Crippen molar-refractivity contribution in [1.82, 2.24) is 9.78 Å². The highest BCUT2D eigenvalue weighted by atomic mass is 15.3. The molecule has 1 rings (SSSR count). The molecule has 64 valence electrons. The van der Waals surface area contributed by atoms with Crippen molar-refractivity contribution in [3.8, 4) is 0 Å². The van der Waals surface area contributed by atoms with E-state index >= 15 is 0 Å². The molecule has 0 unspecified atom stereocenters. The molecule has 0 aromatic carbocycles. The van der Waals surface area contributed by atoms with E-state index < -0.39 is 0 Å². The first-order valence-electron chi connectivity index (χ1n) is 3.95. The summed E-state index contributed by atoms with van der Waals surface area (Å²) in [6, 6.07) is 1.90. The molecular weight excluding hydrogens is 150 g/mol. The van der Waals surface area contributed by atoms with Crippen molar-refractivity contribution in [2.75, 3.05) is 0 Å². The van der Waals surface area contributed by atoms with Crippen LogP contribution in [0.1, 0.15) is 19.0 Å². The van der Waals surface area contributed by atoms with Gasteiger partial charge in [0.05, 0.1) is 5.70 Å². The monoisotopic (exact) mass is 163 g/mol. The van der Waals surface area contributed by atoms with Crippen LogP contribution in [0.4, 0.5) is 0 Å². The second-order valence-electron chi connectivity index (χ2n) is 2.54. The molecule has 0 bridgehead atoms. The molecule has 0 aliphatic rings. The first-order chi connectivity index (χ1) is 5.74. The standard InChI is InChI=1S/C9H13N3/c1-4-6-10-8(2)9-5-7-12(3)11-9/h5-7H,2,4H2,1,3H3/b10-6-. The Morgan fingerprint density at radius 2 is 2.58 bits per heavy atom. The summed E-state index contributed by atoms with van der Waals surface area (Å²) >= 11 is 0. The SMILES string of the molecule is C=C(/N=C\CC)c1ccn(C)n1. The molecule has 1 heterocycles. The molecular formula is C9H13N3. The zero-order chi connectivity index (χ0) is 8.97. The molecule has 12 heavy (non-hydrogen) atoms. The van der Waals surface area contributed by atoms with E-state index in [0.29, 0.717) is 0 Å². The van der Waals surface area contributed by atoms with E-state index in [1.54, 1.807) is 4.68 Å². The van der Waals surface area contributed by atoms with E-state index in [1.807, 2.05) is 32.4 Å². The van der Waals surface area contributed by atoms with E-state index in [0.717, 1.165) is 17.8 Å². The summed E-state index contributed by atoms with van der Waals surface area (Å²) in [5.74, 6) is 0. The molecule has 1 aromatic rings. The van der Waals surface area contributed by atoms with Crippen molar-refractivity contribution in [3.05, 3.63) is 24.5 Å². The van der Waals surface area contributed by atoms with Crippen LogP contribution in [0.2, 0.25) is 0 Å². The van der Waals surface area contributed by atoms with Gasteiger partial charge < -0.3 is 0 Å². The van der Waals surface area contributed by atoms with Gasteiger partial charge in [0.2, 0.25) is 0 Å². The van der Waals surface area contributed by atoms with Crippen LogP contribution in [0.15, 0.2) is 23.8 Å². The van der Waals surface area contributed by atoms with E-state index in [4.69, 9.17) is 0 Å². The lowest BCUT2D eigenvalue weighted by molar-refractivity contribution is 0.763. The Morgan fingerprint density at radius 3 is 3.08 bits per heavy atom. The molecule has 0 radical (unpaired) electrons. The van der Waals surface area contributed by atoms with Gasteiger partial charge in [-0.2, -0.15) is 5.10 Å². The fraction of sp³-hybridized carbons (Fsp3) is 0.333. The molecule has 3 heteroatoms. The zero-order valence-electron chi connectivity index (χ0n) is 7.49. The maximum absolute atomic E-state index is 4.17. The van der Waals surface area contributed by atoms with Crippen molar-refractivity contribution >= 4 is 11.9 Å². The van der Waals surface area contributed by atoms with E-state index in [1.165, 1.54) is 0 Å². The molecule has 0 spiro atoms. The van der Waals surface area contributed by atoms with Gasteiger partial charge in [0.25, 0.3) is 0 Å². The molecule has 0 N–H and O–H groups in total. The summed E-state index contributed by atoms with van der Waals surface area (Å²) in [6.07, 6.45) is 4.63. The molecule has 0 saturated carbocycles. The van der Waals surface area contributed by atoms with Crippen LogP contribution in [0.5, 0.6) is 0 Å². The van der Waals surface area contributed by atoms with Gasteiger partial charge in [-0.25, -0.2) is 0 Å². The number of aryl methyl sites for hydroxylation is 1. The van der Waals surface area contributed by atoms with Gasteiger partial charge >= 0.3 is 0 Å². The molecule has 0 atom stereocenters. The highest BCUT2D eigenvalue weighted by Crippen LogP contribution is 2.09. The van der Waals surface area contributed by atoms with Crippen molar-refractivity contribution < 1.29 is 0 Å². The quantitative estimate of drug-likeness (QED) is 0.626. The van der Waals surface area contributed by atoms with E-state index in [9.17, 15) is 0 Å². The summed E-state index contributed by atoms with van der Waals surface area (Å²) in [7, 11) is 1.88. The number of hydrogen-bond acceptors (Lipinski definition) is 2. The highest BCUT2D eigenvalue weighted by molar-refractivity contribution is 5.70. The number of aliphatic imine (C=N–C) groups is 1. The van der Waals surface area contributed by atoms with Crippen molar-refractivity contribution in [2.45, 2.75) is 13.3 Å². The van der Waals surface area contributed by atoms with Gasteiger partial charge in [-0.15, -0.1) is 0 Å². The Bertz CT molecular complexity index is 296. The molecule has 0 fully saturated rings. The summed E-state index contributed by atoms with van der Waals surface area (Å²) in [6.45, 7) is 5.84. The molecule has 0 amide bonds. The number of rotatable bonds is 3. The Kier molecular flexibility index (Phi) is 2.80. The number of hydrogen-bond donors (Lipinski definition) is 0. The molecule has 0 aliphatic heterocycles. The van der Waals surface area contributed by atoms with Gasteiger partial charge in [0.1, 0.15) is 5.69 Å². The summed E-state index contributed by atoms with van der Waals surface area (Å²) < 4.78 is 1.74. The van der Waals surface area contributed by atoms with Crippen LogP contribution in [0.25, 0.3) is 5.70 Å². The van der Waals surface area contributed by atoms with Crippen LogP contribution >= 0.6 is 0 Å². The lowest BCUT2D eigenvalue weighted by atomic mass is 10.3. The van der Waals surface area contributed by atoms with Crippen LogP contribution in [-0.4, -0.2) is 16.0 Å². The average molecular weight is 163 g/mol. The molecule has 1 aromatic heterocycles. The maximum Gasteiger partial charge on any atom is 0.110 e. The van der Waals surface area contributed by atoms with Crippen molar-refractivity contribution in [2.24, 2.45) is 12.0 Å². The second kappa shape index (κ2) is 3.85. The summed E-state index contributed by atoms with van der Waals surface area (Å²) in [4.78, 5) is 4.13. The van der Waals surface area contributed by atoms with Crippen LogP contribution in [0, 0.1) is 0 Å². The molecule has 0 saturated heterocycles. The fourth-order valence-electron chi connectivity index (χ4n) is 0.837. The number of nitrogens with zero attached hydrogens (tertiary/aromatic N) is 3. The third-order valence-electron chi connectivity index (χ3n) is 1.44. The third-order valence-corrected chi connectivity index (χ3v) is 1.44. The third kappa shape index (κ3) is 2.05. The van der Waals surface area contributed by atoms with Gasteiger partial charge in [0.15, 0.2) is 0 Å². The predicted octanol–water partition coefficient (Wildman–Crippen LogP) is 1.87. The normalized spacial score (nSPS) is 10.8. The van der Waals surface area contributed by atoms with Gasteiger partial charge in [0, 0.05) is 19.5 Å². The minimum absolute atomic E-state index is 0.720. The Labute approximate surface area is 72.4 Å². The van der Waals surface area contributed by atoms with Crippen LogP contribution in [-0.2, 0) is 7.05 Å². The largest absolute Gasteiger partial charge is 0.275 e. The Hall–Kier alpha value is -1.38. The Balaban J connectivity index is 2.72. The predicted molar refractivity (Wildman–Crippen MR) is 51.0 cm³/mol. The van der Waals surface area contributed by atoms with Gasteiger partial charge in [-0.1, -0.05) is 13.5 Å². The van der Waals surface area contributed by atoms with E-state index in [-0.39, 0.29) is 0 Å². The lowest BCUT2D eigenvalue weighted by Crippen LogP contribution is -1.89. The van der Waals surface area contributed by atoms with Crippen LogP contribution in [0.3, 0.4) is 0 Å². The molecule has 0 aliphatic carbocycles. The topological polar surface area (TPSA) is 30.2 Å². The summed E-state index contributed by atoms with van der Waals surface area (Å²) in [5, 5.41) is 4.17.